The molecule has 0 fully saturated rings. The van der Waals surface area contributed by atoms with Crippen molar-refractivity contribution in [2.75, 3.05) is 34.4 Å². The van der Waals surface area contributed by atoms with Gasteiger partial charge in [-0.1, -0.05) is 6.08 Å². The molecule has 3 rings (SSSR count). The number of benzene rings is 2. The van der Waals surface area contributed by atoms with Crippen LogP contribution in [0.25, 0.3) is 5.57 Å². The Morgan fingerprint density at radius 3 is 1.94 bits per heavy atom. The van der Waals surface area contributed by atoms with Crippen LogP contribution < -0.4 is 14.2 Å². The minimum Gasteiger partial charge on any atom is -0.496 e. The van der Waals surface area contributed by atoms with Gasteiger partial charge in [0.2, 0.25) is 10.0 Å². The van der Waals surface area contributed by atoms with E-state index in [4.69, 9.17) is 14.2 Å². The Bertz CT molecular complexity index is 1050. The van der Waals surface area contributed by atoms with Gasteiger partial charge in [-0.3, -0.25) is 0 Å². The zero-order valence-corrected chi connectivity index (χ0v) is 18.0. The summed E-state index contributed by atoms with van der Waals surface area (Å²) in [6, 6.07) is 6.92. The normalized spacial score (nSPS) is 15.4. The standard InChI is InChI=1S/C21H22F3NO5S/c1-28-16-12-18(29-2)20(19(13-16)30-3)14-8-10-25(11-9-14)31(26,27)17-6-4-15(5-7-17)21(22,23)24/h4-8,12-13H,9-11H2,1-3H3. The van der Waals surface area contributed by atoms with E-state index in [-0.39, 0.29) is 18.0 Å². The van der Waals surface area contributed by atoms with Crippen LogP contribution in [0.3, 0.4) is 0 Å². The quantitative estimate of drug-likeness (QED) is 0.650. The molecule has 10 heteroatoms. The van der Waals surface area contributed by atoms with Gasteiger partial charge in [0.25, 0.3) is 0 Å². The molecule has 1 aliphatic rings. The highest BCUT2D eigenvalue weighted by Crippen LogP contribution is 2.41. The van der Waals surface area contributed by atoms with Crippen molar-refractivity contribution < 1.29 is 35.8 Å². The highest BCUT2D eigenvalue weighted by atomic mass is 32.2. The second-order valence-corrected chi connectivity index (χ2v) is 8.71. The van der Waals surface area contributed by atoms with Crippen molar-refractivity contribution in [3.8, 4) is 17.2 Å². The van der Waals surface area contributed by atoms with E-state index in [2.05, 4.69) is 0 Å². The summed E-state index contributed by atoms with van der Waals surface area (Å²) in [5.41, 5.74) is 0.651. The predicted molar refractivity (Wildman–Crippen MR) is 109 cm³/mol. The molecule has 0 unspecified atom stereocenters. The number of sulfonamides is 1. The summed E-state index contributed by atoms with van der Waals surface area (Å²) in [6.45, 7) is 0.227. The highest BCUT2D eigenvalue weighted by molar-refractivity contribution is 7.89. The summed E-state index contributed by atoms with van der Waals surface area (Å²) in [5, 5.41) is 0. The maximum absolute atomic E-state index is 12.9. The zero-order chi connectivity index (χ0) is 22.8. The summed E-state index contributed by atoms with van der Waals surface area (Å²) >= 11 is 0. The molecule has 2 aromatic carbocycles. The Kier molecular flexibility index (Phi) is 6.51. The van der Waals surface area contributed by atoms with Gasteiger partial charge in [0, 0.05) is 25.2 Å². The molecule has 0 radical (unpaired) electrons. The lowest BCUT2D eigenvalue weighted by Gasteiger charge is -2.27. The van der Waals surface area contributed by atoms with Crippen LogP contribution in [0.4, 0.5) is 13.2 Å². The monoisotopic (exact) mass is 457 g/mol. The predicted octanol–water partition coefficient (Wildman–Crippen LogP) is 4.21. The molecule has 0 saturated carbocycles. The molecule has 168 valence electrons. The molecular formula is C21H22F3NO5S. The fourth-order valence-electron chi connectivity index (χ4n) is 3.38. The second-order valence-electron chi connectivity index (χ2n) is 6.77. The fraction of sp³-hybridized carbons (Fsp3) is 0.333. The van der Waals surface area contributed by atoms with E-state index >= 15 is 0 Å². The first-order valence-electron chi connectivity index (χ1n) is 9.28. The van der Waals surface area contributed by atoms with Crippen LogP contribution in [0, 0.1) is 0 Å². The Labute approximate surface area is 178 Å². The number of methoxy groups -OCH3 is 3. The minimum atomic E-state index is -4.53. The van der Waals surface area contributed by atoms with Crippen molar-refractivity contribution in [2.45, 2.75) is 17.5 Å². The van der Waals surface area contributed by atoms with E-state index in [1.165, 1.54) is 25.6 Å². The Balaban J connectivity index is 1.88. The SMILES string of the molecule is COc1cc(OC)c(C2=CCN(S(=O)(=O)c3ccc(C(F)(F)F)cc3)CC2)c(OC)c1. The third kappa shape index (κ3) is 4.64. The first kappa shape index (κ1) is 23.0. The zero-order valence-electron chi connectivity index (χ0n) is 17.2. The van der Waals surface area contributed by atoms with Crippen molar-refractivity contribution in [3.05, 3.63) is 53.6 Å². The summed E-state index contributed by atoms with van der Waals surface area (Å²) in [5.74, 6) is 1.61. The number of hydrogen-bond acceptors (Lipinski definition) is 5. The first-order valence-corrected chi connectivity index (χ1v) is 10.7. The van der Waals surface area contributed by atoms with Crippen LogP contribution in [-0.2, 0) is 16.2 Å². The number of hydrogen-bond donors (Lipinski definition) is 0. The van der Waals surface area contributed by atoms with Crippen LogP contribution in [0.2, 0.25) is 0 Å². The van der Waals surface area contributed by atoms with E-state index in [0.717, 1.165) is 29.8 Å². The van der Waals surface area contributed by atoms with Gasteiger partial charge < -0.3 is 14.2 Å². The second kappa shape index (κ2) is 8.80. The van der Waals surface area contributed by atoms with Crippen LogP contribution in [-0.4, -0.2) is 47.1 Å². The summed E-state index contributed by atoms with van der Waals surface area (Å²) in [6.07, 6.45) is -2.40. The third-order valence-electron chi connectivity index (χ3n) is 5.03. The molecule has 0 bridgehead atoms. The topological polar surface area (TPSA) is 65.1 Å². The molecule has 31 heavy (non-hydrogen) atoms. The Morgan fingerprint density at radius 2 is 1.52 bits per heavy atom. The lowest BCUT2D eigenvalue weighted by Crippen LogP contribution is -2.34. The van der Waals surface area contributed by atoms with Gasteiger partial charge in [0.15, 0.2) is 0 Å². The highest BCUT2D eigenvalue weighted by Gasteiger charge is 2.32. The van der Waals surface area contributed by atoms with Crippen LogP contribution in [0.15, 0.2) is 47.4 Å². The molecule has 0 saturated heterocycles. The molecule has 0 aliphatic carbocycles. The number of rotatable bonds is 6. The molecule has 0 amide bonds. The Morgan fingerprint density at radius 1 is 0.935 bits per heavy atom. The van der Waals surface area contributed by atoms with Gasteiger partial charge in [-0.05, 0) is 36.3 Å². The van der Waals surface area contributed by atoms with Gasteiger partial charge >= 0.3 is 6.18 Å². The minimum absolute atomic E-state index is 0.0665. The van der Waals surface area contributed by atoms with E-state index in [0.29, 0.717) is 29.2 Å². The summed E-state index contributed by atoms with van der Waals surface area (Å²) in [7, 11) is 0.625. The van der Waals surface area contributed by atoms with Gasteiger partial charge in [0.1, 0.15) is 17.2 Å². The van der Waals surface area contributed by atoms with Crippen LogP contribution >= 0.6 is 0 Å². The van der Waals surface area contributed by atoms with Gasteiger partial charge in [-0.25, -0.2) is 8.42 Å². The molecule has 0 spiro atoms. The van der Waals surface area contributed by atoms with E-state index < -0.39 is 21.8 Å². The molecule has 0 N–H and O–H groups in total. The van der Waals surface area contributed by atoms with Gasteiger partial charge in [-0.15, -0.1) is 0 Å². The fourth-order valence-corrected chi connectivity index (χ4v) is 4.76. The molecule has 0 atom stereocenters. The molecule has 2 aromatic rings. The number of nitrogens with zero attached hydrogens (tertiary/aromatic N) is 1. The van der Waals surface area contributed by atoms with Crippen molar-refractivity contribution in [1.82, 2.24) is 4.31 Å². The maximum Gasteiger partial charge on any atom is 0.416 e. The van der Waals surface area contributed by atoms with E-state index in [1.54, 1.807) is 18.2 Å². The summed E-state index contributed by atoms with van der Waals surface area (Å²) < 4.78 is 81.4. The largest absolute Gasteiger partial charge is 0.496 e. The number of halogens is 3. The lowest BCUT2D eigenvalue weighted by atomic mass is 9.98. The van der Waals surface area contributed by atoms with Crippen molar-refractivity contribution in [2.24, 2.45) is 0 Å². The van der Waals surface area contributed by atoms with Crippen molar-refractivity contribution >= 4 is 15.6 Å². The van der Waals surface area contributed by atoms with Crippen LogP contribution in [0.1, 0.15) is 17.5 Å². The molecule has 1 heterocycles. The summed E-state index contributed by atoms with van der Waals surface area (Å²) in [4.78, 5) is -0.183. The lowest BCUT2D eigenvalue weighted by molar-refractivity contribution is -0.137. The molecule has 6 nitrogen and oxygen atoms in total. The smallest absolute Gasteiger partial charge is 0.416 e. The number of alkyl halides is 3. The van der Waals surface area contributed by atoms with Gasteiger partial charge in [-0.2, -0.15) is 17.5 Å². The van der Waals surface area contributed by atoms with Crippen molar-refractivity contribution in [3.63, 3.8) is 0 Å². The maximum atomic E-state index is 12.9. The number of ether oxygens (including phenoxy) is 3. The van der Waals surface area contributed by atoms with E-state index in [1.807, 2.05) is 0 Å². The van der Waals surface area contributed by atoms with Crippen molar-refractivity contribution in [1.29, 1.82) is 0 Å². The molecule has 0 aromatic heterocycles. The van der Waals surface area contributed by atoms with Crippen LogP contribution in [0.5, 0.6) is 17.2 Å². The average Bonchev–Trinajstić information content (AvgIpc) is 2.77. The van der Waals surface area contributed by atoms with Gasteiger partial charge in [0.05, 0.1) is 37.4 Å². The Hall–Kier alpha value is -2.72. The molecular weight excluding hydrogens is 435 g/mol. The first-order chi connectivity index (χ1) is 14.6. The average molecular weight is 457 g/mol. The van der Waals surface area contributed by atoms with E-state index in [9.17, 15) is 21.6 Å². The third-order valence-corrected chi connectivity index (χ3v) is 6.91. The molecule has 1 aliphatic heterocycles.